The Hall–Kier alpha value is -1.57. The molecule has 1 aromatic heterocycles. The van der Waals surface area contributed by atoms with Gasteiger partial charge in [0.1, 0.15) is 6.54 Å². The topological polar surface area (TPSA) is 56.2 Å². The fraction of sp³-hybridized carbons (Fsp3) is 0.556. The molecule has 0 atom stereocenters. The van der Waals surface area contributed by atoms with Crippen LogP contribution in [0.2, 0.25) is 0 Å². The van der Waals surface area contributed by atoms with Crippen molar-refractivity contribution in [2.75, 3.05) is 6.61 Å². The van der Waals surface area contributed by atoms with Gasteiger partial charge in [0.2, 0.25) is 0 Å². The zero-order chi connectivity index (χ0) is 13.1. The number of halogens is 3. The van der Waals surface area contributed by atoms with Gasteiger partial charge in [0.25, 0.3) is 5.91 Å². The van der Waals surface area contributed by atoms with Crippen LogP contribution in [0.15, 0.2) is 6.07 Å². The molecule has 0 spiro atoms. The summed E-state index contributed by atoms with van der Waals surface area (Å²) < 4.78 is 36.5. The molecule has 8 heteroatoms. The monoisotopic (exact) mass is 251 g/mol. The van der Waals surface area contributed by atoms with Gasteiger partial charge in [-0.05, 0) is 19.9 Å². The quantitative estimate of drug-likeness (QED) is 0.815. The lowest BCUT2D eigenvalue weighted by atomic mass is 10.4. The maximum absolute atomic E-state index is 11.7. The maximum Gasteiger partial charge on any atom is 0.414 e. The highest BCUT2D eigenvalue weighted by Gasteiger charge is 2.28. The van der Waals surface area contributed by atoms with Gasteiger partial charge >= 0.3 is 6.18 Å². The van der Waals surface area contributed by atoms with Crippen molar-refractivity contribution in [1.82, 2.24) is 15.3 Å². The number of amides is 1. The molecule has 0 aliphatic carbocycles. The fourth-order valence-electron chi connectivity index (χ4n) is 1.20. The smallest absolute Gasteiger partial charge is 0.271 e. The van der Waals surface area contributed by atoms with E-state index in [0.717, 1.165) is 11.4 Å². The number of hydrogen-bond donors (Lipinski definition) is 1. The molecule has 0 aliphatic heterocycles. The normalized spacial score (nSPS) is 11.6. The van der Waals surface area contributed by atoms with E-state index in [1.165, 1.54) is 4.68 Å². The van der Waals surface area contributed by atoms with E-state index in [2.05, 4.69) is 9.94 Å². The summed E-state index contributed by atoms with van der Waals surface area (Å²) in [6.07, 6.45) is -4.47. The zero-order valence-corrected chi connectivity index (χ0v) is 9.34. The molecule has 1 aromatic rings. The van der Waals surface area contributed by atoms with Crippen molar-refractivity contribution in [3.05, 3.63) is 17.5 Å². The Morgan fingerprint density at radius 1 is 1.53 bits per heavy atom. The van der Waals surface area contributed by atoms with Crippen molar-refractivity contribution < 1.29 is 22.8 Å². The van der Waals surface area contributed by atoms with Crippen molar-refractivity contribution >= 4 is 5.91 Å². The first kappa shape index (κ1) is 13.5. The number of hydroxylamine groups is 1. The number of hydrogen-bond acceptors (Lipinski definition) is 3. The molecule has 0 unspecified atom stereocenters. The Balaban J connectivity index is 2.38. The van der Waals surface area contributed by atoms with E-state index in [0.29, 0.717) is 0 Å². The standard InChI is InChI=1S/C9H12F3N3O2/c1-6-3-7(2)15(13-6)4-8(16)14-17-5-9(10,11)12/h3H,4-5H2,1-2H3,(H,14,16). The Morgan fingerprint density at radius 2 is 2.18 bits per heavy atom. The molecule has 1 heterocycles. The lowest BCUT2D eigenvalue weighted by Gasteiger charge is -2.08. The Labute approximate surface area is 95.5 Å². The lowest BCUT2D eigenvalue weighted by Crippen LogP contribution is -2.32. The minimum absolute atomic E-state index is 0.183. The number of carbonyl (C=O) groups excluding carboxylic acids is 1. The van der Waals surface area contributed by atoms with Crippen LogP contribution in [0.5, 0.6) is 0 Å². The third-order valence-corrected chi connectivity index (χ3v) is 1.82. The van der Waals surface area contributed by atoms with E-state index < -0.39 is 18.7 Å². The number of carbonyl (C=O) groups is 1. The second kappa shape index (κ2) is 5.17. The molecule has 0 saturated heterocycles. The van der Waals surface area contributed by atoms with E-state index >= 15 is 0 Å². The maximum atomic E-state index is 11.7. The van der Waals surface area contributed by atoms with Crippen LogP contribution < -0.4 is 5.48 Å². The predicted molar refractivity (Wildman–Crippen MR) is 51.9 cm³/mol. The number of rotatable bonds is 4. The average Bonchev–Trinajstić information content (AvgIpc) is 2.42. The molecule has 96 valence electrons. The lowest BCUT2D eigenvalue weighted by molar-refractivity contribution is -0.191. The Bertz CT molecular complexity index is 401. The third kappa shape index (κ3) is 4.85. The summed E-state index contributed by atoms with van der Waals surface area (Å²) in [5.74, 6) is -0.694. The second-order valence-electron chi connectivity index (χ2n) is 3.51. The van der Waals surface area contributed by atoms with Crippen LogP contribution in [0.25, 0.3) is 0 Å². The van der Waals surface area contributed by atoms with Gasteiger partial charge in [-0.15, -0.1) is 0 Å². The molecular weight excluding hydrogens is 239 g/mol. The molecule has 0 bridgehead atoms. The highest BCUT2D eigenvalue weighted by Crippen LogP contribution is 2.13. The van der Waals surface area contributed by atoms with Crippen molar-refractivity contribution in [1.29, 1.82) is 0 Å². The van der Waals surface area contributed by atoms with Crippen LogP contribution in [0, 0.1) is 13.8 Å². The number of nitrogens with one attached hydrogen (secondary N) is 1. The molecule has 0 saturated carbocycles. The van der Waals surface area contributed by atoms with E-state index in [-0.39, 0.29) is 6.54 Å². The van der Waals surface area contributed by atoms with Crippen LogP contribution in [0.3, 0.4) is 0 Å². The summed E-state index contributed by atoms with van der Waals surface area (Å²) >= 11 is 0. The number of aryl methyl sites for hydroxylation is 2. The van der Waals surface area contributed by atoms with Crippen LogP contribution >= 0.6 is 0 Å². The zero-order valence-electron chi connectivity index (χ0n) is 9.34. The minimum Gasteiger partial charge on any atom is -0.271 e. The van der Waals surface area contributed by atoms with Crippen molar-refractivity contribution in [2.45, 2.75) is 26.6 Å². The van der Waals surface area contributed by atoms with Gasteiger partial charge in [0.15, 0.2) is 6.61 Å². The van der Waals surface area contributed by atoms with Crippen LogP contribution in [-0.4, -0.2) is 28.5 Å². The van der Waals surface area contributed by atoms with Gasteiger partial charge in [0, 0.05) is 5.69 Å². The van der Waals surface area contributed by atoms with Crippen LogP contribution in [0.1, 0.15) is 11.4 Å². The van der Waals surface area contributed by atoms with Gasteiger partial charge in [-0.2, -0.15) is 18.3 Å². The Kier molecular flexibility index (Phi) is 4.11. The van der Waals surface area contributed by atoms with Crippen molar-refractivity contribution in [3.63, 3.8) is 0 Å². The average molecular weight is 251 g/mol. The summed E-state index contributed by atoms with van der Waals surface area (Å²) in [5, 5.41) is 3.99. The molecule has 0 aliphatic rings. The van der Waals surface area contributed by atoms with Gasteiger partial charge in [-0.25, -0.2) is 5.48 Å². The largest absolute Gasteiger partial charge is 0.414 e. The number of nitrogens with zero attached hydrogens (tertiary/aromatic N) is 2. The van der Waals surface area contributed by atoms with Crippen molar-refractivity contribution in [3.8, 4) is 0 Å². The summed E-state index contributed by atoms with van der Waals surface area (Å²) in [6, 6.07) is 1.75. The summed E-state index contributed by atoms with van der Waals surface area (Å²) in [6.45, 7) is 1.79. The van der Waals surface area contributed by atoms with E-state index in [4.69, 9.17) is 0 Å². The summed E-state index contributed by atoms with van der Waals surface area (Å²) in [4.78, 5) is 15.2. The summed E-state index contributed by atoms with van der Waals surface area (Å²) in [7, 11) is 0. The predicted octanol–water partition coefficient (Wildman–Crippen LogP) is 1.11. The second-order valence-corrected chi connectivity index (χ2v) is 3.51. The Morgan fingerprint density at radius 3 is 2.65 bits per heavy atom. The van der Waals surface area contributed by atoms with Crippen LogP contribution in [-0.2, 0) is 16.2 Å². The minimum atomic E-state index is -4.47. The molecule has 0 radical (unpaired) electrons. The van der Waals surface area contributed by atoms with E-state index in [9.17, 15) is 18.0 Å². The molecule has 1 amide bonds. The molecular formula is C9H12F3N3O2. The first-order valence-electron chi connectivity index (χ1n) is 4.76. The molecule has 1 rings (SSSR count). The van der Waals surface area contributed by atoms with Crippen molar-refractivity contribution in [2.24, 2.45) is 0 Å². The first-order chi connectivity index (χ1) is 7.78. The van der Waals surface area contributed by atoms with E-state index in [1.54, 1.807) is 25.4 Å². The summed E-state index contributed by atoms with van der Waals surface area (Å²) in [5.41, 5.74) is 3.18. The van der Waals surface area contributed by atoms with Gasteiger partial charge in [-0.1, -0.05) is 0 Å². The van der Waals surface area contributed by atoms with Crippen LogP contribution in [0.4, 0.5) is 13.2 Å². The molecule has 1 N–H and O–H groups in total. The highest BCUT2D eigenvalue weighted by atomic mass is 19.4. The third-order valence-electron chi connectivity index (χ3n) is 1.82. The van der Waals surface area contributed by atoms with Gasteiger partial charge in [0.05, 0.1) is 5.69 Å². The van der Waals surface area contributed by atoms with Gasteiger partial charge < -0.3 is 0 Å². The first-order valence-corrected chi connectivity index (χ1v) is 4.76. The highest BCUT2D eigenvalue weighted by molar-refractivity contribution is 5.74. The van der Waals surface area contributed by atoms with E-state index in [1.807, 2.05) is 0 Å². The number of alkyl halides is 3. The van der Waals surface area contributed by atoms with Gasteiger partial charge in [-0.3, -0.25) is 14.3 Å². The number of aromatic nitrogens is 2. The molecule has 5 nitrogen and oxygen atoms in total. The SMILES string of the molecule is Cc1cc(C)n(CC(=O)NOCC(F)(F)F)n1. The molecule has 0 aromatic carbocycles. The fourth-order valence-corrected chi connectivity index (χ4v) is 1.20. The molecule has 17 heavy (non-hydrogen) atoms. The molecule has 0 fully saturated rings.